The van der Waals surface area contributed by atoms with Crippen LogP contribution in [0.2, 0.25) is 0 Å². The van der Waals surface area contributed by atoms with E-state index in [1.165, 1.54) is 25.3 Å². The Hall–Kier alpha value is -2.90. The molecule has 2 aromatic rings. The molecule has 110 valence electrons. The van der Waals surface area contributed by atoms with Crippen LogP contribution in [0, 0.1) is 17.0 Å². The molecule has 0 amide bonds. The highest BCUT2D eigenvalue weighted by atomic mass is 16.6. The summed E-state index contributed by atoms with van der Waals surface area (Å²) in [4.78, 5) is 18.5. The first kappa shape index (κ1) is 14.5. The van der Waals surface area contributed by atoms with Crippen molar-refractivity contribution >= 4 is 11.6 Å². The van der Waals surface area contributed by atoms with E-state index in [0.717, 1.165) is 5.69 Å². The third kappa shape index (κ3) is 3.35. The number of nitrogens with one attached hydrogen (secondary N) is 1. The predicted octanol–water partition coefficient (Wildman–Crippen LogP) is 2.54. The maximum Gasteiger partial charge on any atom is 0.273 e. The van der Waals surface area contributed by atoms with E-state index in [4.69, 9.17) is 9.47 Å². The number of nitrogens with zero attached hydrogens (tertiary/aromatic N) is 3. The van der Waals surface area contributed by atoms with E-state index in [2.05, 4.69) is 15.3 Å². The third-order valence-corrected chi connectivity index (χ3v) is 2.63. The van der Waals surface area contributed by atoms with Gasteiger partial charge in [-0.1, -0.05) is 0 Å². The zero-order valence-corrected chi connectivity index (χ0v) is 11.8. The molecule has 0 aliphatic rings. The number of aromatic nitrogens is 2. The van der Waals surface area contributed by atoms with Gasteiger partial charge < -0.3 is 14.8 Å². The lowest BCUT2D eigenvalue weighted by Crippen LogP contribution is -2.00. The molecule has 0 aliphatic carbocycles. The zero-order chi connectivity index (χ0) is 15.4. The van der Waals surface area contributed by atoms with Gasteiger partial charge in [-0.05, 0) is 13.0 Å². The molecular weight excluding hydrogens is 276 g/mol. The van der Waals surface area contributed by atoms with Crippen molar-refractivity contribution in [3.8, 4) is 17.4 Å². The van der Waals surface area contributed by atoms with E-state index in [9.17, 15) is 10.1 Å². The Morgan fingerprint density at radius 3 is 2.62 bits per heavy atom. The molecule has 0 radical (unpaired) electrons. The first-order chi connectivity index (χ1) is 10.0. The molecule has 0 saturated carbocycles. The summed E-state index contributed by atoms with van der Waals surface area (Å²) in [6.45, 7) is 1.81. The maximum absolute atomic E-state index is 10.7. The van der Waals surface area contributed by atoms with Gasteiger partial charge in [-0.2, -0.15) is 4.98 Å². The van der Waals surface area contributed by atoms with Crippen LogP contribution in [0.1, 0.15) is 5.69 Å². The van der Waals surface area contributed by atoms with Crippen molar-refractivity contribution in [3.05, 3.63) is 40.1 Å². The van der Waals surface area contributed by atoms with Crippen LogP contribution in [0.25, 0.3) is 0 Å². The van der Waals surface area contributed by atoms with Crippen molar-refractivity contribution in [2.24, 2.45) is 0 Å². The lowest BCUT2D eigenvalue weighted by atomic mass is 10.3. The number of ether oxygens (including phenoxy) is 2. The second-order valence-corrected chi connectivity index (χ2v) is 4.12. The highest BCUT2D eigenvalue weighted by Crippen LogP contribution is 2.34. The van der Waals surface area contributed by atoms with Crippen molar-refractivity contribution in [3.63, 3.8) is 0 Å². The number of aryl methyl sites for hydroxylation is 1. The predicted molar refractivity (Wildman–Crippen MR) is 76.0 cm³/mol. The second kappa shape index (κ2) is 6.04. The van der Waals surface area contributed by atoms with E-state index in [0.29, 0.717) is 17.6 Å². The van der Waals surface area contributed by atoms with Crippen LogP contribution in [0.3, 0.4) is 0 Å². The first-order valence-electron chi connectivity index (χ1n) is 6.07. The van der Waals surface area contributed by atoms with Gasteiger partial charge in [0.25, 0.3) is 5.69 Å². The lowest BCUT2D eigenvalue weighted by Gasteiger charge is -2.10. The number of hydrogen-bond donors (Lipinski definition) is 1. The van der Waals surface area contributed by atoms with Crippen LogP contribution in [0.5, 0.6) is 17.4 Å². The number of nitro benzene ring substituents is 1. The highest BCUT2D eigenvalue weighted by molar-refractivity contribution is 5.50. The molecule has 8 heteroatoms. The summed E-state index contributed by atoms with van der Waals surface area (Å²) in [7, 11) is 3.11. The van der Waals surface area contributed by atoms with Crippen LogP contribution in [0.4, 0.5) is 11.6 Å². The molecule has 0 unspecified atom stereocenters. The minimum Gasteiger partial charge on any atom is -0.493 e. The molecule has 0 aliphatic heterocycles. The van der Waals surface area contributed by atoms with Gasteiger partial charge in [0.1, 0.15) is 0 Å². The summed E-state index contributed by atoms with van der Waals surface area (Å²) in [5.74, 6) is 1.33. The quantitative estimate of drug-likeness (QED) is 0.667. The second-order valence-electron chi connectivity index (χ2n) is 4.12. The van der Waals surface area contributed by atoms with Crippen molar-refractivity contribution in [1.29, 1.82) is 0 Å². The molecule has 1 heterocycles. The molecule has 2 rings (SSSR count). The SMILES string of the molecule is CNc1nc(C)cc(Oc2ccc([N+](=O)[O-])cc2OC)n1. The van der Waals surface area contributed by atoms with Crippen molar-refractivity contribution < 1.29 is 14.4 Å². The van der Waals surface area contributed by atoms with Gasteiger partial charge >= 0.3 is 0 Å². The number of anilines is 1. The summed E-state index contributed by atoms with van der Waals surface area (Å²) < 4.78 is 10.7. The topological polar surface area (TPSA) is 99.4 Å². The van der Waals surface area contributed by atoms with Gasteiger partial charge in [-0.15, -0.1) is 0 Å². The average molecular weight is 290 g/mol. The molecule has 0 fully saturated rings. The van der Waals surface area contributed by atoms with E-state index in [-0.39, 0.29) is 11.4 Å². The fraction of sp³-hybridized carbons (Fsp3) is 0.231. The summed E-state index contributed by atoms with van der Waals surface area (Å²) in [5, 5.41) is 13.6. The Kier molecular flexibility index (Phi) is 4.17. The van der Waals surface area contributed by atoms with Gasteiger partial charge in [0.2, 0.25) is 11.8 Å². The van der Waals surface area contributed by atoms with Crippen LogP contribution in [0.15, 0.2) is 24.3 Å². The Labute approximate surface area is 120 Å². The van der Waals surface area contributed by atoms with Gasteiger partial charge in [0.05, 0.1) is 18.1 Å². The molecule has 21 heavy (non-hydrogen) atoms. The zero-order valence-electron chi connectivity index (χ0n) is 11.8. The van der Waals surface area contributed by atoms with Crippen LogP contribution in [-0.4, -0.2) is 29.0 Å². The molecule has 0 bridgehead atoms. The summed E-state index contributed by atoms with van der Waals surface area (Å²) in [6.07, 6.45) is 0. The molecule has 8 nitrogen and oxygen atoms in total. The number of rotatable bonds is 5. The van der Waals surface area contributed by atoms with E-state index >= 15 is 0 Å². The molecule has 1 aromatic heterocycles. The Balaban J connectivity index is 2.35. The fourth-order valence-electron chi connectivity index (χ4n) is 1.67. The van der Waals surface area contributed by atoms with E-state index < -0.39 is 4.92 Å². The van der Waals surface area contributed by atoms with Gasteiger partial charge in [0.15, 0.2) is 11.5 Å². The first-order valence-corrected chi connectivity index (χ1v) is 6.07. The number of non-ortho nitro benzene ring substituents is 1. The van der Waals surface area contributed by atoms with E-state index in [1.807, 2.05) is 6.92 Å². The molecular formula is C13H14N4O4. The largest absolute Gasteiger partial charge is 0.493 e. The summed E-state index contributed by atoms with van der Waals surface area (Å²) in [6, 6.07) is 5.75. The molecule has 0 spiro atoms. The van der Waals surface area contributed by atoms with E-state index in [1.54, 1.807) is 13.1 Å². The van der Waals surface area contributed by atoms with Gasteiger partial charge in [-0.25, -0.2) is 4.98 Å². The molecule has 0 saturated heterocycles. The number of nitro groups is 1. The van der Waals surface area contributed by atoms with Crippen molar-refractivity contribution in [1.82, 2.24) is 9.97 Å². The van der Waals surface area contributed by atoms with Crippen molar-refractivity contribution in [2.45, 2.75) is 6.92 Å². The van der Waals surface area contributed by atoms with Crippen molar-refractivity contribution in [2.75, 3.05) is 19.5 Å². The molecule has 1 N–H and O–H groups in total. The third-order valence-electron chi connectivity index (χ3n) is 2.63. The van der Waals surface area contributed by atoms with Gasteiger partial charge in [0, 0.05) is 24.9 Å². The normalized spacial score (nSPS) is 10.0. The molecule has 1 aromatic carbocycles. The summed E-state index contributed by atoms with van der Waals surface area (Å²) in [5.41, 5.74) is 0.652. The minimum atomic E-state index is -0.500. The lowest BCUT2D eigenvalue weighted by molar-refractivity contribution is -0.384. The average Bonchev–Trinajstić information content (AvgIpc) is 2.46. The number of hydrogen-bond acceptors (Lipinski definition) is 7. The Morgan fingerprint density at radius 2 is 2.00 bits per heavy atom. The number of methoxy groups -OCH3 is 1. The maximum atomic E-state index is 10.7. The van der Waals surface area contributed by atoms with Crippen LogP contribution in [-0.2, 0) is 0 Å². The monoisotopic (exact) mass is 290 g/mol. The van der Waals surface area contributed by atoms with Crippen LogP contribution < -0.4 is 14.8 Å². The Bertz CT molecular complexity index is 675. The smallest absolute Gasteiger partial charge is 0.273 e. The summed E-state index contributed by atoms with van der Waals surface area (Å²) >= 11 is 0. The highest BCUT2D eigenvalue weighted by Gasteiger charge is 2.14. The van der Waals surface area contributed by atoms with Gasteiger partial charge in [-0.3, -0.25) is 10.1 Å². The van der Waals surface area contributed by atoms with Crippen LogP contribution >= 0.6 is 0 Å². The minimum absolute atomic E-state index is 0.0750. The fourth-order valence-corrected chi connectivity index (χ4v) is 1.67. The standard InChI is InChI=1S/C13H14N4O4/c1-8-6-12(16-13(14-2)15-8)21-10-5-4-9(17(18)19)7-11(10)20-3/h4-7H,1-3H3,(H,14,15,16). The number of benzene rings is 1. The Morgan fingerprint density at radius 1 is 1.24 bits per heavy atom. The molecule has 0 atom stereocenters.